The fraction of sp³-hybridized carbons (Fsp3) is 0.400. The van der Waals surface area contributed by atoms with Crippen LogP contribution in [0.4, 0.5) is 4.79 Å². The van der Waals surface area contributed by atoms with Crippen LogP contribution in [-0.4, -0.2) is 44.0 Å². The van der Waals surface area contributed by atoms with E-state index >= 15 is 0 Å². The molecule has 0 saturated heterocycles. The molecule has 100 valence electrons. The first-order valence-electron chi connectivity index (χ1n) is 5.10. The van der Waals surface area contributed by atoms with Crippen LogP contribution < -0.4 is 10.6 Å². The molecular weight excluding hydrogens is 386 g/mol. The Labute approximate surface area is 126 Å². The molecule has 2 N–H and O–H groups in total. The number of carbonyl (C=O) groups is 2. The summed E-state index contributed by atoms with van der Waals surface area (Å²) >= 11 is 8.01. The van der Waals surface area contributed by atoms with Gasteiger partial charge in [0.2, 0.25) is 0 Å². The second-order valence-electron chi connectivity index (χ2n) is 3.61. The maximum atomic E-state index is 11.7. The zero-order valence-corrected chi connectivity index (χ0v) is 13.9. The van der Waals surface area contributed by atoms with Crippen LogP contribution in [0.25, 0.3) is 0 Å². The van der Waals surface area contributed by atoms with Gasteiger partial charge in [-0.2, -0.15) is 0 Å². The number of rotatable bonds is 4. The third kappa shape index (κ3) is 4.58. The monoisotopic (exact) mass is 397 g/mol. The smallest absolute Gasteiger partial charge is 0.316 e. The average molecular weight is 399 g/mol. The number of thiophene rings is 1. The van der Waals surface area contributed by atoms with E-state index in [9.17, 15) is 9.59 Å². The first-order chi connectivity index (χ1) is 8.41. The summed E-state index contributed by atoms with van der Waals surface area (Å²) in [6.45, 7) is 0.794. The van der Waals surface area contributed by atoms with Gasteiger partial charge >= 0.3 is 6.03 Å². The molecule has 18 heavy (non-hydrogen) atoms. The van der Waals surface area contributed by atoms with Crippen LogP contribution in [0.3, 0.4) is 0 Å². The molecular formula is C10H13Br2N3O2S. The minimum absolute atomic E-state index is 0.148. The first-order valence-corrected chi connectivity index (χ1v) is 7.50. The lowest BCUT2D eigenvalue weighted by Crippen LogP contribution is -2.39. The molecule has 0 radical (unpaired) electrons. The zero-order chi connectivity index (χ0) is 13.7. The summed E-state index contributed by atoms with van der Waals surface area (Å²) in [5.74, 6) is -0.148. The van der Waals surface area contributed by atoms with Crippen molar-refractivity contribution in [3.63, 3.8) is 0 Å². The van der Waals surface area contributed by atoms with Gasteiger partial charge in [-0.25, -0.2) is 4.79 Å². The van der Waals surface area contributed by atoms with Crippen LogP contribution in [-0.2, 0) is 0 Å². The van der Waals surface area contributed by atoms with Crippen LogP contribution in [0, 0.1) is 0 Å². The minimum Gasteiger partial charge on any atom is -0.350 e. The van der Waals surface area contributed by atoms with Gasteiger partial charge in [-0.3, -0.25) is 4.79 Å². The molecule has 1 rings (SSSR count). The Morgan fingerprint density at radius 2 is 1.89 bits per heavy atom. The molecule has 1 aromatic rings. The van der Waals surface area contributed by atoms with Crippen molar-refractivity contribution in [2.24, 2.45) is 0 Å². The van der Waals surface area contributed by atoms with Gasteiger partial charge < -0.3 is 15.5 Å². The maximum Gasteiger partial charge on any atom is 0.316 e. The predicted octanol–water partition coefficient (Wildman–Crippen LogP) is 2.27. The molecule has 3 amide bonds. The highest BCUT2D eigenvalue weighted by atomic mass is 79.9. The van der Waals surface area contributed by atoms with Crippen molar-refractivity contribution in [1.29, 1.82) is 0 Å². The highest BCUT2D eigenvalue weighted by molar-refractivity contribution is 9.13. The van der Waals surface area contributed by atoms with Gasteiger partial charge in [0.15, 0.2) is 0 Å². The van der Waals surface area contributed by atoms with Gasteiger partial charge in [0.1, 0.15) is 0 Å². The zero-order valence-electron chi connectivity index (χ0n) is 9.92. The van der Waals surface area contributed by atoms with E-state index < -0.39 is 0 Å². The summed E-state index contributed by atoms with van der Waals surface area (Å²) in [5, 5.41) is 5.39. The molecule has 0 aliphatic rings. The van der Waals surface area contributed by atoms with E-state index in [1.54, 1.807) is 20.2 Å². The molecule has 1 aromatic heterocycles. The van der Waals surface area contributed by atoms with Crippen LogP contribution in [0.15, 0.2) is 14.3 Å². The summed E-state index contributed by atoms with van der Waals surface area (Å²) < 4.78 is 1.74. The standard InChI is InChI=1S/C10H13Br2N3O2S/c1-15(2)10(17)14-4-3-13-9(16)7-5-6(11)8(12)18-7/h5H,3-4H2,1-2H3,(H,13,16)(H,14,17). The average Bonchev–Trinajstić information content (AvgIpc) is 2.64. The lowest BCUT2D eigenvalue weighted by molar-refractivity contribution is 0.0957. The first kappa shape index (κ1) is 15.5. The molecule has 0 aliphatic carbocycles. The number of nitrogens with zero attached hydrogens (tertiary/aromatic N) is 1. The van der Waals surface area contributed by atoms with Crippen LogP contribution >= 0.6 is 43.2 Å². The van der Waals surface area contributed by atoms with Crippen molar-refractivity contribution >= 4 is 55.1 Å². The third-order valence-corrected chi connectivity index (χ3v) is 5.22. The molecule has 0 bridgehead atoms. The largest absolute Gasteiger partial charge is 0.350 e. The molecule has 0 unspecified atom stereocenters. The lowest BCUT2D eigenvalue weighted by atomic mass is 10.4. The Morgan fingerprint density at radius 3 is 2.39 bits per heavy atom. The van der Waals surface area contributed by atoms with E-state index in [1.807, 2.05) is 0 Å². The van der Waals surface area contributed by atoms with Crippen molar-refractivity contribution in [3.05, 3.63) is 19.2 Å². The second-order valence-corrected chi connectivity index (χ2v) is 6.84. The predicted molar refractivity (Wildman–Crippen MR) is 79.1 cm³/mol. The number of hydrogen-bond acceptors (Lipinski definition) is 3. The van der Waals surface area contributed by atoms with Crippen LogP contribution in [0.1, 0.15) is 9.67 Å². The maximum absolute atomic E-state index is 11.7. The van der Waals surface area contributed by atoms with Crippen LogP contribution in [0.2, 0.25) is 0 Å². The molecule has 5 nitrogen and oxygen atoms in total. The summed E-state index contributed by atoms with van der Waals surface area (Å²) in [7, 11) is 3.32. The molecule has 0 saturated carbocycles. The van der Waals surface area contributed by atoms with Crippen molar-refractivity contribution in [1.82, 2.24) is 15.5 Å². The minimum atomic E-state index is -0.175. The number of hydrogen-bond donors (Lipinski definition) is 2. The van der Waals surface area contributed by atoms with E-state index in [4.69, 9.17) is 0 Å². The van der Waals surface area contributed by atoms with E-state index in [0.29, 0.717) is 18.0 Å². The van der Waals surface area contributed by atoms with Crippen molar-refractivity contribution < 1.29 is 9.59 Å². The summed E-state index contributed by atoms with van der Waals surface area (Å²) in [6, 6.07) is 1.58. The normalized spacial score (nSPS) is 10.0. The Kier molecular flexibility index (Phi) is 6.10. The quantitative estimate of drug-likeness (QED) is 0.764. The third-order valence-electron chi connectivity index (χ3n) is 1.96. The molecule has 0 aromatic carbocycles. The fourth-order valence-electron chi connectivity index (χ4n) is 1.05. The van der Waals surface area contributed by atoms with Gasteiger partial charge in [-0.05, 0) is 37.9 Å². The molecule has 8 heteroatoms. The number of urea groups is 1. The van der Waals surface area contributed by atoms with Gasteiger partial charge in [0.25, 0.3) is 5.91 Å². The van der Waals surface area contributed by atoms with Gasteiger partial charge in [-0.1, -0.05) is 0 Å². The van der Waals surface area contributed by atoms with Gasteiger partial charge in [-0.15, -0.1) is 11.3 Å². The van der Waals surface area contributed by atoms with E-state index in [0.717, 1.165) is 8.26 Å². The highest BCUT2D eigenvalue weighted by Gasteiger charge is 2.11. The Morgan fingerprint density at radius 1 is 1.28 bits per heavy atom. The molecule has 0 aliphatic heterocycles. The number of amides is 3. The lowest BCUT2D eigenvalue weighted by Gasteiger charge is -2.11. The molecule has 0 fully saturated rings. The highest BCUT2D eigenvalue weighted by Crippen LogP contribution is 2.32. The fourth-order valence-corrected chi connectivity index (χ4v) is 3.00. The number of halogens is 2. The van der Waals surface area contributed by atoms with Crippen molar-refractivity contribution in [2.75, 3.05) is 27.2 Å². The Hall–Kier alpha value is -0.600. The molecule has 1 heterocycles. The molecule has 0 atom stereocenters. The SMILES string of the molecule is CN(C)C(=O)NCCNC(=O)c1cc(Br)c(Br)s1. The summed E-state index contributed by atoms with van der Waals surface area (Å²) in [5.41, 5.74) is 0. The topological polar surface area (TPSA) is 61.4 Å². The van der Waals surface area contributed by atoms with Crippen molar-refractivity contribution in [3.8, 4) is 0 Å². The Bertz CT molecular complexity index is 429. The summed E-state index contributed by atoms with van der Waals surface area (Å²) in [4.78, 5) is 25.0. The van der Waals surface area contributed by atoms with Gasteiger partial charge in [0.05, 0.1) is 8.66 Å². The summed E-state index contributed by atoms with van der Waals surface area (Å²) in [6.07, 6.45) is 0. The molecule has 0 spiro atoms. The van der Waals surface area contributed by atoms with E-state index in [2.05, 4.69) is 42.5 Å². The van der Waals surface area contributed by atoms with E-state index in [1.165, 1.54) is 16.2 Å². The van der Waals surface area contributed by atoms with Gasteiger partial charge in [0, 0.05) is 31.7 Å². The second kappa shape index (κ2) is 7.10. The Balaban J connectivity index is 2.32. The van der Waals surface area contributed by atoms with E-state index in [-0.39, 0.29) is 11.9 Å². The van der Waals surface area contributed by atoms with Crippen molar-refractivity contribution in [2.45, 2.75) is 0 Å². The number of nitrogens with one attached hydrogen (secondary N) is 2. The van der Waals surface area contributed by atoms with Crippen LogP contribution in [0.5, 0.6) is 0 Å². The number of carbonyl (C=O) groups excluding carboxylic acids is 2.